The monoisotopic (exact) mass is 312 g/mol. The molecule has 0 saturated carbocycles. The highest BCUT2D eigenvalue weighted by Gasteiger charge is 2.14. The Morgan fingerprint density at radius 2 is 2.10 bits per heavy atom. The average molecular weight is 312 g/mol. The van der Waals surface area contributed by atoms with E-state index >= 15 is 0 Å². The highest BCUT2D eigenvalue weighted by Crippen LogP contribution is 2.21. The van der Waals surface area contributed by atoms with Gasteiger partial charge in [0.2, 0.25) is 10.0 Å². The van der Waals surface area contributed by atoms with Crippen molar-refractivity contribution in [2.24, 2.45) is 5.14 Å². The van der Waals surface area contributed by atoms with E-state index in [0.29, 0.717) is 16.1 Å². The van der Waals surface area contributed by atoms with E-state index in [-0.39, 0.29) is 10.0 Å². The predicted molar refractivity (Wildman–Crippen MR) is 77.0 cm³/mol. The molecular weight excluding hydrogens is 300 g/mol. The second-order valence-corrected chi connectivity index (χ2v) is 6.63. The summed E-state index contributed by atoms with van der Waals surface area (Å²) in [5.74, 6) is -0.413. The number of primary sulfonamides is 1. The quantitative estimate of drug-likeness (QED) is 0.776. The summed E-state index contributed by atoms with van der Waals surface area (Å²) >= 11 is 1.04. The number of aryl methyl sites for hydroxylation is 1. The zero-order valence-electron chi connectivity index (χ0n) is 10.5. The molecule has 106 valence electrons. The van der Waals surface area contributed by atoms with Crippen molar-refractivity contribution in [2.75, 3.05) is 11.1 Å². The molecule has 0 aliphatic carbocycles. The summed E-state index contributed by atoms with van der Waals surface area (Å²) in [7, 11) is -3.83. The van der Waals surface area contributed by atoms with Gasteiger partial charge < -0.3 is 11.1 Å². The molecule has 0 aliphatic heterocycles. The Balaban J connectivity index is 2.29. The van der Waals surface area contributed by atoms with Crippen molar-refractivity contribution < 1.29 is 13.2 Å². The molecule has 1 aromatic heterocycles. The number of hydrogen-bond donors (Lipinski definition) is 3. The van der Waals surface area contributed by atoms with Gasteiger partial charge in [0, 0.05) is 5.69 Å². The lowest BCUT2D eigenvalue weighted by atomic mass is 10.2. The Kier molecular flexibility index (Phi) is 3.75. The number of sulfonamides is 1. The number of nitrogen functional groups attached to an aromatic ring is 1. The van der Waals surface area contributed by atoms with Crippen LogP contribution in [0.2, 0.25) is 0 Å². The zero-order chi connectivity index (χ0) is 14.9. The Morgan fingerprint density at radius 1 is 1.40 bits per heavy atom. The van der Waals surface area contributed by atoms with E-state index in [1.807, 2.05) is 0 Å². The number of nitrogens with zero attached hydrogens (tertiary/aromatic N) is 1. The smallest absolute Gasteiger partial charge is 0.267 e. The number of aromatic nitrogens is 1. The Hall–Kier alpha value is -1.97. The Labute approximate surface area is 119 Å². The number of carbonyl (C=O) groups excluding carboxylic acids is 1. The van der Waals surface area contributed by atoms with Gasteiger partial charge in [-0.05, 0) is 24.6 Å². The van der Waals surface area contributed by atoms with E-state index in [1.165, 1.54) is 12.3 Å². The largest absolute Gasteiger partial charge is 0.375 e. The Morgan fingerprint density at radius 3 is 2.65 bits per heavy atom. The van der Waals surface area contributed by atoms with Gasteiger partial charge in [-0.25, -0.2) is 18.5 Å². The first-order chi connectivity index (χ1) is 9.27. The lowest BCUT2D eigenvalue weighted by Gasteiger charge is -2.08. The maximum Gasteiger partial charge on any atom is 0.267 e. The third kappa shape index (κ3) is 3.13. The van der Waals surface area contributed by atoms with E-state index in [1.54, 1.807) is 19.1 Å². The molecule has 2 aromatic rings. The third-order valence-electron chi connectivity index (χ3n) is 2.50. The SMILES string of the molecule is Cc1ccc(NC(=O)c2cnc(N)s2)cc1S(N)(=O)=O. The zero-order valence-corrected chi connectivity index (χ0v) is 12.1. The van der Waals surface area contributed by atoms with E-state index < -0.39 is 15.9 Å². The first kappa shape index (κ1) is 14.4. The van der Waals surface area contributed by atoms with Gasteiger partial charge >= 0.3 is 0 Å². The van der Waals surface area contributed by atoms with Crippen LogP contribution in [0.4, 0.5) is 10.8 Å². The topological polar surface area (TPSA) is 128 Å². The number of benzene rings is 1. The maximum atomic E-state index is 11.9. The molecule has 2 rings (SSSR count). The van der Waals surface area contributed by atoms with Gasteiger partial charge in [0.25, 0.3) is 5.91 Å². The summed E-state index contributed by atoms with van der Waals surface area (Å²) in [5, 5.41) is 7.96. The van der Waals surface area contributed by atoms with Crippen LogP contribution in [0.3, 0.4) is 0 Å². The predicted octanol–water partition coefficient (Wildman–Crippen LogP) is 0.933. The number of amides is 1. The van der Waals surface area contributed by atoms with Crippen LogP contribution >= 0.6 is 11.3 Å². The molecule has 7 nitrogen and oxygen atoms in total. The average Bonchev–Trinajstić information content (AvgIpc) is 2.77. The number of rotatable bonds is 3. The summed E-state index contributed by atoms with van der Waals surface area (Å²) in [6.07, 6.45) is 1.35. The van der Waals surface area contributed by atoms with Gasteiger partial charge in [-0.3, -0.25) is 4.79 Å². The minimum Gasteiger partial charge on any atom is -0.375 e. The highest BCUT2D eigenvalue weighted by atomic mass is 32.2. The second-order valence-electron chi connectivity index (χ2n) is 4.04. The van der Waals surface area contributed by atoms with Gasteiger partial charge in [0.1, 0.15) is 4.88 Å². The van der Waals surface area contributed by atoms with Crippen molar-refractivity contribution in [2.45, 2.75) is 11.8 Å². The molecule has 0 atom stereocenters. The molecular formula is C11H12N4O3S2. The molecule has 0 bridgehead atoms. The van der Waals surface area contributed by atoms with E-state index in [4.69, 9.17) is 10.9 Å². The van der Waals surface area contributed by atoms with Crippen LogP contribution in [-0.2, 0) is 10.0 Å². The fraction of sp³-hybridized carbons (Fsp3) is 0.0909. The van der Waals surface area contributed by atoms with Crippen LogP contribution in [0.5, 0.6) is 0 Å². The molecule has 0 saturated heterocycles. The van der Waals surface area contributed by atoms with Crippen LogP contribution in [0.1, 0.15) is 15.2 Å². The van der Waals surface area contributed by atoms with Crippen molar-refractivity contribution >= 4 is 38.1 Å². The van der Waals surface area contributed by atoms with Gasteiger partial charge in [0.15, 0.2) is 5.13 Å². The molecule has 0 aliphatic rings. The van der Waals surface area contributed by atoms with Crippen LogP contribution in [0.25, 0.3) is 0 Å². The molecule has 5 N–H and O–H groups in total. The van der Waals surface area contributed by atoms with Crippen LogP contribution < -0.4 is 16.2 Å². The fourth-order valence-corrected chi connectivity index (χ4v) is 2.96. The standard InChI is InChI=1S/C11H12N4O3S2/c1-6-2-3-7(4-9(6)20(13,17)18)15-10(16)8-5-14-11(12)19-8/h2-5H,1H3,(H2,12,14)(H,15,16)(H2,13,17,18). The fourth-order valence-electron chi connectivity index (χ4n) is 1.57. The number of hydrogen-bond acceptors (Lipinski definition) is 6. The van der Waals surface area contributed by atoms with Crippen molar-refractivity contribution in [3.63, 3.8) is 0 Å². The molecule has 1 heterocycles. The molecule has 9 heteroatoms. The molecule has 1 amide bonds. The number of thiazole rings is 1. The van der Waals surface area contributed by atoms with Gasteiger partial charge in [-0.2, -0.15) is 0 Å². The summed E-state index contributed by atoms with van der Waals surface area (Å²) in [6, 6.07) is 4.47. The molecule has 0 unspecified atom stereocenters. The van der Waals surface area contributed by atoms with Crippen molar-refractivity contribution in [1.82, 2.24) is 4.98 Å². The number of nitrogens with one attached hydrogen (secondary N) is 1. The number of anilines is 2. The highest BCUT2D eigenvalue weighted by molar-refractivity contribution is 7.89. The van der Waals surface area contributed by atoms with Gasteiger partial charge in [0.05, 0.1) is 11.1 Å². The molecule has 1 aromatic carbocycles. The van der Waals surface area contributed by atoms with Gasteiger partial charge in [-0.1, -0.05) is 17.4 Å². The van der Waals surface area contributed by atoms with Crippen LogP contribution in [-0.4, -0.2) is 19.3 Å². The van der Waals surface area contributed by atoms with Crippen molar-refractivity contribution in [1.29, 1.82) is 0 Å². The minimum atomic E-state index is -3.83. The summed E-state index contributed by atoms with van der Waals surface area (Å²) < 4.78 is 22.8. The first-order valence-corrected chi connectivity index (χ1v) is 7.80. The summed E-state index contributed by atoms with van der Waals surface area (Å²) in [6.45, 7) is 1.62. The molecule has 20 heavy (non-hydrogen) atoms. The van der Waals surface area contributed by atoms with Crippen LogP contribution in [0.15, 0.2) is 29.3 Å². The lowest BCUT2D eigenvalue weighted by molar-refractivity contribution is 0.103. The van der Waals surface area contributed by atoms with E-state index in [9.17, 15) is 13.2 Å². The Bertz CT molecular complexity index is 768. The normalized spacial score (nSPS) is 11.3. The van der Waals surface area contributed by atoms with Crippen molar-refractivity contribution in [3.8, 4) is 0 Å². The number of carbonyl (C=O) groups is 1. The van der Waals surface area contributed by atoms with E-state index in [0.717, 1.165) is 11.3 Å². The lowest BCUT2D eigenvalue weighted by Crippen LogP contribution is -2.15. The van der Waals surface area contributed by atoms with Crippen molar-refractivity contribution in [3.05, 3.63) is 34.8 Å². The molecule has 0 spiro atoms. The summed E-state index contributed by atoms with van der Waals surface area (Å²) in [4.78, 5) is 16.0. The minimum absolute atomic E-state index is 0.0286. The van der Waals surface area contributed by atoms with Gasteiger partial charge in [-0.15, -0.1) is 0 Å². The van der Waals surface area contributed by atoms with Crippen LogP contribution in [0, 0.1) is 6.92 Å². The second kappa shape index (κ2) is 5.19. The number of nitrogens with two attached hydrogens (primary N) is 2. The first-order valence-electron chi connectivity index (χ1n) is 5.43. The third-order valence-corrected chi connectivity index (χ3v) is 4.38. The molecule has 0 radical (unpaired) electrons. The summed E-state index contributed by atoms with van der Waals surface area (Å²) in [5.41, 5.74) is 6.28. The molecule has 0 fully saturated rings. The van der Waals surface area contributed by atoms with E-state index in [2.05, 4.69) is 10.3 Å². The maximum absolute atomic E-state index is 11.9.